The number of benzene rings is 1. The zero-order chi connectivity index (χ0) is 16.8. The molecule has 1 aromatic carbocycles. The van der Waals surface area contributed by atoms with Gasteiger partial charge in [0.05, 0.1) is 5.69 Å². The molecular formula is C16H18Cl2N4O. The fourth-order valence-corrected chi connectivity index (χ4v) is 2.72. The van der Waals surface area contributed by atoms with E-state index in [1.165, 1.54) is 0 Å². The zero-order valence-electron chi connectivity index (χ0n) is 12.7. The molecule has 0 aliphatic heterocycles. The number of aromatic amines is 1. The maximum Gasteiger partial charge on any atom is 0.256 e. The Bertz CT molecular complexity index is 738. The van der Waals surface area contributed by atoms with Crippen molar-refractivity contribution in [2.24, 2.45) is 0 Å². The molecule has 0 aliphatic rings. The van der Waals surface area contributed by atoms with Gasteiger partial charge in [0.15, 0.2) is 0 Å². The van der Waals surface area contributed by atoms with E-state index in [4.69, 9.17) is 28.6 Å². The lowest BCUT2D eigenvalue weighted by molar-refractivity contribution is 0.779. The van der Waals surface area contributed by atoms with Crippen molar-refractivity contribution in [3.8, 4) is 0 Å². The Hall–Kier alpha value is -1.85. The van der Waals surface area contributed by atoms with Crippen molar-refractivity contribution in [3.05, 3.63) is 55.4 Å². The predicted octanol–water partition coefficient (Wildman–Crippen LogP) is 4.03. The van der Waals surface area contributed by atoms with Gasteiger partial charge in [0, 0.05) is 33.9 Å². The second-order valence-corrected chi connectivity index (χ2v) is 5.89. The van der Waals surface area contributed by atoms with E-state index in [1.807, 2.05) is 0 Å². The zero-order valence-corrected chi connectivity index (χ0v) is 14.3. The van der Waals surface area contributed by atoms with Gasteiger partial charge >= 0.3 is 0 Å². The molecule has 2 aromatic rings. The van der Waals surface area contributed by atoms with Crippen molar-refractivity contribution in [2.45, 2.75) is 32.7 Å². The maximum atomic E-state index is 12.2. The highest BCUT2D eigenvalue weighted by Gasteiger charge is 2.11. The molecule has 1 heterocycles. The van der Waals surface area contributed by atoms with Gasteiger partial charge in [0.25, 0.3) is 5.56 Å². The number of unbranched alkanes of at least 4 members (excludes halogenated alkanes) is 1. The topological polar surface area (TPSA) is 81.6 Å². The molecule has 0 saturated carbocycles. The molecule has 23 heavy (non-hydrogen) atoms. The summed E-state index contributed by atoms with van der Waals surface area (Å²) in [7, 11) is 0. The van der Waals surface area contributed by atoms with Crippen LogP contribution in [0.5, 0.6) is 0 Å². The van der Waals surface area contributed by atoms with Crippen LogP contribution in [0.15, 0.2) is 23.0 Å². The highest BCUT2D eigenvalue weighted by atomic mass is 35.5. The molecule has 0 spiro atoms. The van der Waals surface area contributed by atoms with E-state index in [0.29, 0.717) is 40.2 Å². The van der Waals surface area contributed by atoms with E-state index in [9.17, 15) is 4.79 Å². The first-order valence-electron chi connectivity index (χ1n) is 7.37. The third-order valence-corrected chi connectivity index (χ3v) is 4.17. The van der Waals surface area contributed by atoms with Crippen LogP contribution in [0.2, 0.25) is 10.0 Å². The van der Waals surface area contributed by atoms with E-state index in [0.717, 1.165) is 24.6 Å². The number of nitrogens with zero attached hydrogens (tertiary/aromatic N) is 1. The van der Waals surface area contributed by atoms with Gasteiger partial charge in [0.2, 0.25) is 5.95 Å². The summed E-state index contributed by atoms with van der Waals surface area (Å²) >= 11 is 12.2. The first-order valence-corrected chi connectivity index (χ1v) is 8.12. The highest BCUT2D eigenvalue weighted by Crippen LogP contribution is 2.24. The van der Waals surface area contributed by atoms with Crippen molar-refractivity contribution in [1.82, 2.24) is 9.97 Å². The third kappa shape index (κ3) is 4.33. The van der Waals surface area contributed by atoms with Gasteiger partial charge in [-0.05, 0) is 25.0 Å². The first-order chi connectivity index (χ1) is 11.1. The minimum atomic E-state index is -0.222. The second kappa shape index (κ2) is 8.13. The summed E-state index contributed by atoms with van der Waals surface area (Å²) in [6, 6.07) is 5.26. The fourth-order valence-electron chi connectivity index (χ4n) is 2.19. The fraction of sp³-hybridized carbons (Fsp3) is 0.312. The van der Waals surface area contributed by atoms with E-state index < -0.39 is 0 Å². The summed E-state index contributed by atoms with van der Waals surface area (Å²) < 4.78 is 0. The van der Waals surface area contributed by atoms with Crippen LogP contribution in [0, 0.1) is 5.41 Å². The van der Waals surface area contributed by atoms with Gasteiger partial charge in [0.1, 0.15) is 0 Å². The molecule has 5 nitrogen and oxygen atoms in total. The lowest BCUT2D eigenvalue weighted by atomic mass is 10.1. The Kier molecular flexibility index (Phi) is 6.19. The third-order valence-electron chi connectivity index (χ3n) is 3.46. The molecule has 0 bridgehead atoms. The number of halogens is 2. The van der Waals surface area contributed by atoms with Gasteiger partial charge in [-0.3, -0.25) is 9.78 Å². The van der Waals surface area contributed by atoms with Gasteiger partial charge in [-0.25, -0.2) is 4.98 Å². The summed E-state index contributed by atoms with van der Waals surface area (Å²) in [5, 5.41) is 11.6. The number of hydrogen-bond donors (Lipinski definition) is 3. The highest BCUT2D eigenvalue weighted by molar-refractivity contribution is 6.36. The smallest absolute Gasteiger partial charge is 0.256 e. The van der Waals surface area contributed by atoms with Gasteiger partial charge in [-0.2, -0.15) is 0 Å². The van der Waals surface area contributed by atoms with Crippen molar-refractivity contribution in [3.63, 3.8) is 0 Å². The van der Waals surface area contributed by atoms with Crippen LogP contribution in [0.3, 0.4) is 0 Å². The van der Waals surface area contributed by atoms with Crippen LogP contribution in [0.1, 0.15) is 36.6 Å². The van der Waals surface area contributed by atoms with E-state index in [-0.39, 0.29) is 5.56 Å². The molecule has 0 fully saturated rings. The summed E-state index contributed by atoms with van der Waals surface area (Å²) in [5.41, 5.74) is 1.43. The van der Waals surface area contributed by atoms with Gasteiger partial charge in [-0.1, -0.05) is 42.6 Å². The van der Waals surface area contributed by atoms with E-state index in [2.05, 4.69) is 22.2 Å². The SMILES string of the molecule is CCCCc1c(C=N)nc(NCc2c(Cl)cccc2Cl)[nH]c1=O. The average Bonchev–Trinajstić information content (AvgIpc) is 2.53. The van der Waals surface area contributed by atoms with Crippen molar-refractivity contribution < 1.29 is 0 Å². The number of aromatic nitrogens is 2. The molecule has 0 radical (unpaired) electrons. The molecular weight excluding hydrogens is 335 g/mol. The number of hydrogen-bond acceptors (Lipinski definition) is 4. The van der Waals surface area contributed by atoms with Crippen LogP contribution < -0.4 is 10.9 Å². The first kappa shape index (κ1) is 17.5. The maximum absolute atomic E-state index is 12.2. The summed E-state index contributed by atoms with van der Waals surface area (Å²) in [6.45, 7) is 2.38. The van der Waals surface area contributed by atoms with E-state index >= 15 is 0 Å². The minimum absolute atomic E-state index is 0.222. The number of nitrogens with one attached hydrogen (secondary N) is 3. The molecule has 0 atom stereocenters. The molecule has 7 heteroatoms. The van der Waals surface area contributed by atoms with Gasteiger partial charge in [-0.15, -0.1) is 0 Å². The molecule has 0 saturated heterocycles. The molecule has 0 unspecified atom stereocenters. The molecule has 0 aliphatic carbocycles. The normalized spacial score (nSPS) is 10.6. The van der Waals surface area contributed by atoms with Gasteiger partial charge < -0.3 is 10.7 Å². The standard InChI is InChI=1S/C16H18Cl2N4O/c1-2-3-5-10-14(8-19)21-16(22-15(10)23)20-9-11-12(17)6-4-7-13(11)18/h4,6-8,19H,2-3,5,9H2,1H3,(H2,20,21,22,23). The summed E-state index contributed by atoms with van der Waals surface area (Å²) in [4.78, 5) is 19.2. The largest absolute Gasteiger partial charge is 0.352 e. The number of H-pyrrole nitrogens is 1. The Morgan fingerprint density at radius 1 is 1.30 bits per heavy atom. The summed E-state index contributed by atoms with van der Waals surface area (Å²) in [6.07, 6.45) is 3.57. The number of anilines is 1. The van der Waals surface area contributed by atoms with Crippen LogP contribution >= 0.6 is 23.2 Å². The van der Waals surface area contributed by atoms with Crippen molar-refractivity contribution in [2.75, 3.05) is 5.32 Å². The Morgan fingerprint density at radius 3 is 2.61 bits per heavy atom. The van der Waals surface area contributed by atoms with Crippen LogP contribution in [0.4, 0.5) is 5.95 Å². The monoisotopic (exact) mass is 352 g/mol. The number of rotatable bonds is 7. The van der Waals surface area contributed by atoms with Crippen molar-refractivity contribution in [1.29, 1.82) is 5.41 Å². The molecule has 3 N–H and O–H groups in total. The minimum Gasteiger partial charge on any atom is -0.352 e. The summed E-state index contributed by atoms with van der Waals surface area (Å²) in [5.74, 6) is 0.296. The Balaban J connectivity index is 2.22. The Morgan fingerprint density at radius 2 is 2.00 bits per heavy atom. The van der Waals surface area contributed by atoms with Crippen molar-refractivity contribution >= 4 is 35.4 Å². The van der Waals surface area contributed by atoms with Crippen LogP contribution in [0.25, 0.3) is 0 Å². The van der Waals surface area contributed by atoms with Crippen LogP contribution in [-0.4, -0.2) is 16.2 Å². The second-order valence-electron chi connectivity index (χ2n) is 5.08. The average molecular weight is 353 g/mol. The van der Waals surface area contributed by atoms with Crippen LogP contribution in [-0.2, 0) is 13.0 Å². The lowest BCUT2D eigenvalue weighted by Gasteiger charge is -2.11. The quantitative estimate of drug-likeness (QED) is 0.658. The lowest BCUT2D eigenvalue weighted by Crippen LogP contribution is -2.20. The molecule has 122 valence electrons. The molecule has 2 rings (SSSR count). The Labute approximate surface area is 144 Å². The molecule has 1 aromatic heterocycles. The predicted molar refractivity (Wildman–Crippen MR) is 95.1 cm³/mol. The van der Waals surface area contributed by atoms with E-state index in [1.54, 1.807) is 18.2 Å². The molecule has 0 amide bonds.